The molecule has 1 aromatic rings. The summed E-state index contributed by atoms with van der Waals surface area (Å²) in [7, 11) is 0. The fourth-order valence-corrected chi connectivity index (χ4v) is 3.62. The fourth-order valence-electron chi connectivity index (χ4n) is 1.84. The average molecular weight is 290 g/mol. The monoisotopic (exact) mass is 289 g/mol. The van der Waals surface area contributed by atoms with E-state index in [0.717, 1.165) is 18.4 Å². The molecule has 0 radical (unpaired) electrons. The van der Waals surface area contributed by atoms with Gasteiger partial charge < -0.3 is 4.74 Å². The van der Waals surface area contributed by atoms with Gasteiger partial charge in [0.15, 0.2) is 0 Å². The molecule has 15 heavy (non-hydrogen) atoms. The van der Waals surface area contributed by atoms with Crippen molar-refractivity contribution in [2.45, 2.75) is 44.0 Å². The van der Waals surface area contributed by atoms with E-state index >= 15 is 0 Å². The molecule has 84 valence electrons. The summed E-state index contributed by atoms with van der Waals surface area (Å²) in [4.78, 5) is 6.08. The topological polar surface area (TPSA) is 22.1 Å². The average Bonchev–Trinajstić information content (AvgIpc) is 2.86. The molecule has 0 amide bonds. The molecule has 0 bridgehead atoms. The lowest BCUT2D eigenvalue weighted by atomic mass is 10.1. The first kappa shape index (κ1) is 11.6. The Bertz CT molecular complexity index is 331. The van der Waals surface area contributed by atoms with Crippen molar-refractivity contribution in [2.75, 3.05) is 6.61 Å². The van der Waals surface area contributed by atoms with Crippen molar-refractivity contribution in [3.05, 3.63) is 15.6 Å². The highest BCUT2D eigenvalue weighted by Gasteiger charge is 2.23. The summed E-state index contributed by atoms with van der Waals surface area (Å²) in [6.45, 7) is 5.28. The third-order valence-corrected chi connectivity index (χ3v) is 4.71. The first-order chi connectivity index (χ1) is 7.22. The molecule has 0 saturated carbocycles. The Morgan fingerprint density at radius 1 is 1.60 bits per heavy atom. The Kier molecular flexibility index (Phi) is 3.80. The second kappa shape index (κ2) is 4.93. The van der Waals surface area contributed by atoms with Gasteiger partial charge in [0.2, 0.25) is 0 Å². The predicted octanol–water partition coefficient (Wildman–Crippen LogP) is 4.01. The molecule has 1 fully saturated rings. The quantitative estimate of drug-likeness (QED) is 0.785. The third kappa shape index (κ3) is 2.43. The molecule has 0 aromatic carbocycles. The minimum Gasteiger partial charge on any atom is -0.371 e. The van der Waals surface area contributed by atoms with Gasteiger partial charge in [-0.1, -0.05) is 29.8 Å². The second-order valence-corrected chi connectivity index (χ2v) is 5.83. The van der Waals surface area contributed by atoms with E-state index < -0.39 is 0 Å². The van der Waals surface area contributed by atoms with Crippen LogP contribution in [0.1, 0.15) is 54.3 Å². The molecule has 1 saturated heterocycles. The molecular formula is C11H16BrNOS. The molecular weight excluding hydrogens is 274 g/mol. The van der Waals surface area contributed by atoms with E-state index in [0.29, 0.717) is 5.92 Å². The normalized spacial score (nSPS) is 21.5. The van der Waals surface area contributed by atoms with Gasteiger partial charge in [-0.15, -0.1) is 11.3 Å². The first-order valence-corrected chi connectivity index (χ1v) is 7.33. The Hall–Kier alpha value is 0.0700. The SMILES string of the molecule is CC(C)c1nc(C2CCCO2)sc1CBr. The van der Waals surface area contributed by atoms with Crippen molar-refractivity contribution in [3.63, 3.8) is 0 Å². The van der Waals surface area contributed by atoms with Crippen LogP contribution >= 0.6 is 27.3 Å². The van der Waals surface area contributed by atoms with E-state index in [1.54, 1.807) is 11.3 Å². The van der Waals surface area contributed by atoms with Crippen molar-refractivity contribution >= 4 is 27.3 Å². The van der Waals surface area contributed by atoms with Gasteiger partial charge >= 0.3 is 0 Å². The third-order valence-electron chi connectivity index (χ3n) is 2.62. The number of thiazole rings is 1. The molecule has 1 atom stereocenters. The van der Waals surface area contributed by atoms with Crippen LogP contribution in [0.15, 0.2) is 0 Å². The number of aromatic nitrogens is 1. The van der Waals surface area contributed by atoms with Crippen LogP contribution in [0.3, 0.4) is 0 Å². The summed E-state index contributed by atoms with van der Waals surface area (Å²) in [6, 6.07) is 0. The van der Waals surface area contributed by atoms with Crippen molar-refractivity contribution in [1.29, 1.82) is 0 Å². The van der Waals surface area contributed by atoms with E-state index in [4.69, 9.17) is 9.72 Å². The lowest BCUT2D eigenvalue weighted by molar-refractivity contribution is 0.111. The Labute approximate surface area is 103 Å². The van der Waals surface area contributed by atoms with Gasteiger partial charge in [0.25, 0.3) is 0 Å². The Morgan fingerprint density at radius 3 is 2.87 bits per heavy atom. The standard InChI is InChI=1S/C11H16BrNOS/c1-7(2)10-9(6-12)15-11(13-10)8-4-3-5-14-8/h7-8H,3-6H2,1-2H3. The minimum atomic E-state index is 0.264. The van der Waals surface area contributed by atoms with Crippen LogP contribution in [0.4, 0.5) is 0 Å². The lowest BCUT2D eigenvalue weighted by Gasteiger charge is -2.04. The molecule has 0 N–H and O–H groups in total. The Morgan fingerprint density at radius 2 is 2.40 bits per heavy atom. The molecule has 2 nitrogen and oxygen atoms in total. The zero-order valence-electron chi connectivity index (χ0n) is 9.12. The molecule has 2 heterocycles. The summed E-state index contributed by atoms with van der Waals surface area (Å²) in [5, 5.41) is 2.08. The molecule has 1 unspecified atom stereocenters. The molecule has 1 aromatic heterocycles. The van der Waals surface area contributed by atoms with Crippen LogP contribution in [0.2, 0.25) is 0 Å². The minimum absolute atomic E-state index is 0.264. The number of alkyl halides is 1. The fraction of sp³-hybridized carbons (Fsp3) is 0.727. The predicted molar refractivity (Wildman–Crippen MR) is 66.8 cm³/mol. The van der Waals surface area contributed by atoms with Gasteiger partial charge in [-0.2, -0.15) is 0 Å². The van der Waals surface area contributed by atoms with Gasteiger partial charge in [-0.3, -0.25) is 0 Å². The zero-order valence-corrected chi connectivity index (χ0v) is 11.5. The smallest absolute Gasteiger partial charge is 0.122 e. The van der Waals surface area contributed by atoms with E-state index in [2.05, 4.69) is 29.8 Å². The van der Waals surface area contributed by atoms with Crippen LogP contribution in [-0.4, -0.2) is 11.6 Å². The van der Waals surface area contributed by atoms with E-state index in [-0.39, 0.29) is 6.10 Å². The highest BCUT2D eigenvalue weighted by Crippen LogP contribution is 2.35. The summed E-state index contributed by atoms with van der Waals surface area (Å²) < 4.78 is 5.66. The molecule has 0 aliphatic carbocycles. The highest BCUT2D eigenvalue weighted by molar-refractivity contribution is 9.08. The van der Waals surface area contributed by atoms with Gasteiger partial charge in [-0.25, -0.2) is 4.98 Å². The molecule has 0 spiro atoms. The first-order valence-electron chi connectivity index (χ1n) is 5.39. The molecule has 1 aliphatic rings. The van der Waals surface area contributed by atoms with Crippen LogP contribution in [0.5, 0.6) is 0 Å². The number of ether oxygens (including phenoxy) is 1. The van der Waals surface area contributed by atoms with Crippen LogP contribution < -0.4 is 0 Å². The van der Waals surface area contributed by atoms with Crippen LogP contribution in [-0.2, 0) is 10.1 Å². The maximum Gasteiger partial charge on any atom is 0.122 e. The van der Waals surface area contributed by atoms with Gasteiger partial charge in [0.1, 0.15) is 11.1 Å². The molecule has 2 rings (SSSR count). The number of hydrogen-bond donors (Lipinski definition) is 0. The summed E-state index contributed by atoms with van der Waals surface area (Å²) in [5.41, 5.74) is 1.24. The zero-order chi connectivity index (χ0) is 10.8. The number of nitrogens with zero attached hydrogens (tertiary/aromatic N) is 1. The van der Waals surface area contributed by atoms with Crippen molar-refractivity contribution in [2.24, 2.45) is 0 Å². The second-order valence-electron chi connectivity index (χ2n) is 4.15. The summed E-state index contributed by atoms with van der Waals surface area (Å²) in [5.74, 6) is 0.504. The van der Waals surface area contributed by atoms with Gasteiger partial charge in [0.05, 0.1) is 5.69 Å². The number of halogens is 1. The van der Waals surface area contributed by atoms with Gasteiger partial charge in [-0.05, 0) is 18.8 Å². The largest absolute Gasteiger partial charge is 0.371 e. The maximum absolute atomic E-state index is 5.66. The summed E-state index contributed by atoms with van der Waals surface area (Å²) >= 11 is 5.33. The maximum atomic E-state index is 5.66. The lowest BCUT2D eigenvalue weighted by Crippen LogP contribution is -1.96. The number of hydrogen-bond acceptors (Lipinski definition) is 3. The van der Waals surface area contributed by atoms with E-state index in [9.17, 15) is 0 Å². The highest BCUT2D eigenvalue weighted by atomic mass is 79.9. The number of rotatable bonds is 3. The molecule has 1 aliphatic heterocycles. The Balaban J connectivity index is 2.25. The van der Waals surface area contributed by atoms with E-state index in [1.807, 2.05) is 0 Å². The van der Waals surface area contributed by atoms with Crippen molar-refractivity contribution in [1.82, 2.24) is 4.98 Å². The van der Waals surface area contributed by atoms with E-state index in [1.165, 1.54) is 22.0 Å². The van der Waals surface area contributed by atoms with Crippen LogP contribution in [0.25, 0.3) is 0 Å². The van der Waals surface area contributed by atoms with Crippen LogP contribution in [0, 0.1) is 0 Å². The molecule has 4 heteroatoms. The van der Waals surface area contributed by atoms with Crippen molar-refractivity contribution < 1.29 is 4.74 Å². The summed E-state index contributed by atoms with van der Waals surface area (Å²) in [6.07, 6.45) is 2.57. The van der Waals surface area contributed by atoms with Crippen molar-refractivity contribution in [3.8, 4) is 0 Å². The van der Waals surface area contributed by atoms with Gasteiger partial charge in [0, 0.05) is 16.8 Å².